The molecule has 0 heterocycles. The highest BCUT2D eigenvalue weighted by Gasteiger charge is 2.11. The van der Waals surface area contributed by atoms with Crippen molar-refractivity contribution in [1.82, 2.24) is 0 Å². The average molecular weight is 382 g/mol. The minimum absolute atomic E-state index is 0.0451. The van der Waals surface area contributed by atoms with E-state index in [1.165, 1.54) is 30.0 Å². The predicted octanol–water partition coefficient (Wildman–Crippen LogP) is 3.67. The number of rotatable bonds is 5. The Bertz CT molecular complexity index is 724. The van der Waals surface area contributed by atoms with Gasteiger partial charge in [-0.3, -0.25) is 14.9 Å². The van der Waals surface area contributed by atoms with E-state index in [0.29, 0.717) is 15.8 Å². The molecule has 0 aliphatic heterocycles. The van der Waals surface area contributed by atoms with Gasteiger partial charge in [-0.25, -0.2) is 0 Å². The number of carbonyl (C=O) groups is 1. The fraction of sp³-hybridized carbons (Fsp3) is 0.0714. The third kappa shape index (κ3) is 4.22. The predicted molar refractivity (Wildman–Crippen MR) is 91.0 cm³/mol. The summed E-state index contributed by atoms with van der Waals surface area (Å²) in [5.74, 6) is -0.0275. The van der Waals surface area contributed by atoms with Gasteiger partial charge in [0, 0.05) is 27.2 Å². The topological polar surface area (TPSA) is 98.3 Å². The molecule has 0 bridgehead atoms. The zero-order valence-corrected chi connectivity index (χ0v) is 13.7. The summed E-state index contributed by atoms with van der Waals surface area (Å²) in [5.41, 5.74) is 6.87. The number of benzene rings is 2. The third-order valence-electron chi connectivity index (χ3n) is 2.72. The summed E-state index contributed by atoms with van der Waals surface area (Å²) in [4.78, 5) is 22.9. The average Bonchev–Trinajstić information content (AvgIpc) is 2.48. The lowest BCUT2D eigenvalue weighted by Crippen LogP contribution is -2.14. The Morgan fingerprint density at radius 3 is 2.68 bits per heavy atom. The molecule has 6 nitrogen and oxygen atoms in total. The summed E-state index contributed by atoms with van der Waals surface area (Å²) in [6.07, 6.45) is 0. The first-order valence-electron chi connectivity index (χ1n) is 6.18. The van der Waals surface area contributed by atoms with E-state index in [1.54, 1.807) is 6.07 Å². The number of thioether (sulfide) groups is 1. The molecule has 114 valence electrons. The minimum atomic E-state index is -0.496. The van der Waals surface area contributed by atoms with Crippen LogP contribution in [0.3, 0.4) is 0 Å². The first-order valence-corrected chi connectivity index (χ1v) is 7.96. The Morgan fingerprint density at radius 1 is 1.32 bits per heavy atom. The number of hydrogen-bond donors (Lipinski definition) is 2. The van der Waals surface area contributed by atoms with Crippen molar-refractivity contribution in [2.75, 3.05) is 16.8 Å². The number of halogens is 1. The highest BCUT2D eigenvalue weighted by molar-refractivity contribution is 9.10. The van der Waals surface area contributed by atoms with E-state index in [0.717, 1.165) is 4.90 Å². The van der Waals surface area contributed by atoms with Crippen molar-refractivity contribution in [2.45, 2.75) is 4.90 Å². The maximum absolute atomic E-state index is 11.9. The van der Waals surface area contributed by atoms with Crippen LogP contribution in [-0.4, -0.2) is 16.6 Å². The van der Waals surface area contributed by atoms with E-state index >= 15 is 0 Å². The van der Waals surface area contributed by atoms with Crippen molar-refractivity contribution >= 4 is 50.7 Å². The van der Waals surface area contributed by atoms with E-state index in [9.17, 15) is 14.9 Å². The van der Waals surface area contributed by atoms with Crippen molar-refractivity contribution in [3.8, 4) is 0 Å². The molecule has 3 N–H and O–H groups in total. The van der Waals surface area contributed by atoms with Crippen LogP contribution in [0.15, 0.2) is 51.8 Å². The van der Waals surface area contributed by atoms with Crippen LogP contribution in [0.2, 0.25) is 0 Å². The minimum Gasteiger partial charge on any atom is -0.398 e. The maximum Gasteiger partial charge on any atom is 0.270 e. The molecule has 2 aromatic carbocycles. The van der Waals surface area contributed by atoms with Gasteiger partial charge in [0.2, 0.25) is 5.91 Å². The van der Waals surface area contributed by atoms with Crippen LogP contribution >= 0.6 is 27.7 Å². The van der Waals surface area contributed by atoms with E-state index in [-0.39, 0.29) is 17.3 Å². The van der Waals surface area contributed by atoms with Gasteiger partial charge in [-0.05, 0) is 34.1 Å². The summed E-state index contributed by atoms with van der Waals surface area (Å²) in [5, 5.41) is 13.4. The standard InChI is InChI=1S/C14H12BrN3O3S/c15-10-7-9(18(20)21)5-6-12(10)17-14(19)8-22-13-4-2-1-3-11(13)16/h1-7H,8,16H2,(H,17,19). The largest absolute Gasteiger partial charge is 0.398 e. The molecule has 1 amide bonds. The Morgan fingerprint density at radius 2 is 2.05 bits per heavy atom. The number of nitrogens with zero attached hydrogens (tertiary/aromatic N) is 1. The Hall–Kier alpha value is -2.06. The normalized spacial score (nSPS) is 10.2. The molecular weight excluding hydrogens is 370 g/mol. The molecule has 0 aliphatic rings. The number of nitrogens with two attached hydrogens (primary N) is 1. The van der Waals surface area contributed by atoms with E-state index < -0.39 is 4.92 Å². The van der Waals surface area contributed by atoms with E-state index in [4.69, 9.17) is 5.73 Å². The number of amides is 1. The van der Waals surface area contributed by atoms with Crippen molar-refractivity contribution in [3.05, 3.63) is 57.1 Å². The molecule has 22 heavy (non-hydrogen) atoms. The zero-order chi connectivity index (χ0) is 16.1. The van der Waals surface area contributed by atoms with Crippen LogP contribution in [0, 0.1) is 10.1 Å². The third-order valence-corrected chi connectivity index (χ3v) is 4.46. The van der Waals surface area contributed by atoms with Crippen molar-refractivity contribution in [2.24, 2.45) is 0 Å². The second-order valence-electron chi connectivity index (χ2n) is 4.30. The fourth-order valence-corrected chi connectivity index (χ4v) is 2.89. The summed E-state index contributed by atoms with van der Waals surface area (Å²) < 4.78 is 0.458. The summed E-state index contributed by atoms with van der Waals surface area (Å²) in [7, 11) is 0. The number of hydrogen-bond acceptors (Lipinski definition) is 5. The highest BCUT2D eigenvalue weighted by atomic mass is 79.9. The lowest BCUT2D eigenvalue weighted by atomic mass is 10.3. The van der Waals surface area contributed by atoms with Gasteiger partial charge < -0.3 is 11.1 Å². The fourth-order valence-electron chi connectivity index (χ4n) is 1.66. The Balaban J connectivity index is 1.98. The summed E-state index contributed by atoms with van der Waals surface area (Å²) in [6, 6.07) is 11.5. The summed E-state index contributed by atoms with van der Waals surface area (Å²) in [6.45, 7) is 0. The maximum atomic E-state index is 11.9. The number of carbonyl (C=O) groups excluding carboxylic acids is 1. The molecule has 0 atom stereocenters. The molecule has 0 radical (unpaired) electrons. The van der Waals surface area contributed by atoms with Gasteiger partial charge in [-0.2, -0.15) is 0 Å². The quantitative estimate of drug-likeness (QED) is 0.356. The molecule has 0 fully saturated rings. The number of nitro groups is 1. The second-order valence-corrected chi connectivity index (χ2v) is 6.17. The van der Waals surface area contributed by atoms with Crippen LogP contribution in [0.4, 0.5) is 17.1 Å². The van der Waals surface area contributed by atoms with Gasteiger partial charge in [-0.1, -0.05) is 12.1 Å². The number of nitrogens with one attached hydrogen (secondary N) is 1. The first-order chi connectivity index (χ1) is 10.5. The molecule has 8 heteroatoms. The Labute approximate surface area is 139 Å². The number of nitrogen functional groups attached to an aromatic ring is 1. The van der Waals surface area contributed by atoms with Crippen LogP contribution in [0.5, 0.6) is 0 Å². The van der Waals surface area contributed by atoms with Gasteiger partial charge in [0.25, 0.3) is 5.69 Å². The van der Waals surface area contributed by atoms with Gasteiger partial charge in [0.05, 0.1) is 16.4 Å². The zero-order valence-electron chi connectivity index (χ0n) is 11.3. The first kappa shape index (κ1) is 16.3. The van der Waals surface area contributed by atoms with Crippen LogP contribution < -0.4 is 11.1 Å². The van der Waals surface area contributed by atoms with Crippen LogP contribution in [-0.2, 0) is 4.79 Å². The Kier molecular flexibility index (Phi) is 5.40. The van der Waals surface area contributed by atoms with Crippen molar-refractivity contribution in [1.29, 1.82) is 0 Å². The molecule has 0 unspecified atom stereocenters. The molecule has 0 spiro atoms. The van der Waals surface area contributed by atoms with Crippen LogP contribution in [0.25, 0.3) is 0 Å². The molecule has 2 aromatic rings. The van der Waals surface area contributed by atoms with E-state index in [2.05, 4.69) is 21.2 Å². The van der Waals surface area contributed by atoms with Gasteiger partial charge in [0.1, 0.15) is 0 Å². The molecule has 0 saturated carbocycles. The summed E-state index contributed by atoms with van der Waals surface area (Å²) >= 11 is 4.53. The lowest BCUT2D eigenvalue weighted by Gasteiger charge is -2.08. The number of nitro benzene ring substituents is 1. The number of non-ortho nitro benzene ring substituents is 1. The van der Waals surface area contributed by atoms with Gasteiger partial charge in [-0.15, -0.1) is 11.8 Å². The molecule has 2 rings (SSSR count). The van der Waals surface area contributed by atoms with Gasteiger partial charge in [0.15, 0.2) is 0 Å². The molecular formula is C14H12BrN3O3S. The van der Waals surface area contributed by atoms with E-state index in [1.807, 2.05) is 18.2 Å². The number of anilines is 2. The van der Waals surface area contributed by atoms with Crippen LogP contribution in [0.1, 0.15) is 0 Å². The van der Waals surface area contributed by atoms with Gasteiger partial charge >= 0.3 is 0 Å². The highest BCUT2D eigenvalue weighted by Crippen LogP contribution is 2.28. The molecule has 0 aromatic heterocycles. The van der Waals surface area contributed by atoms with Crippen molar-refractivity contribution < 1.29 is 9.72 Å². The molecule has 0 saturated heterocycles. The number of para-hydroxylation sites is 1. The van der Waals surface area contributed by atoms with Crippen molar-refractivity contribution in [3.63, 3.8) is 0 Å². The smallest absolute Gasteiger partial charge is 0.270 e. The monoisotopic (exact) mass is 381 g/mol. The second kappa shape index (κ2) is 7.28. The lowest BCUT2D eigenvalue weighted by molar-refractivity contribution is -0.384. The molecule has 0 aliphatic carbocycles. The SMILES string of the molecule is Nc1ccccc1SCC(=O)Nc1ccc([N+](=O)[O-])cc1Br.